The number of hydrogen-bond donors (Lipinski definition) is 1. The summed E-state index contributed by atoms with van der Waals surface area (Å²) in [5, 5.41) is 10.5. The molecule has 1 rings (SSSR count). The van der Waals surface area contributed by atoms with Crippen molar-refractivity contribution in [1.82, 2.24) is 4.90 Å². The number of aliphatic hydroxyl groups excluding tert-OH is 1. The number of nitrogens with zero attached hydrogens (tertiary/aromatic N) is 1. The maximum Gasteiger partial charge on any atom is 0.124 e. The summed E-state index contributed by atoms with van der Waals surface area (Å²) in [5.74, 6) is 1.37. The molecule has 0 amide bonds. The Bertz CT molecular complexity index is 433. The summed E-state index contributed by atoms with van der Waals surface area (Å²) in [7, 11) is 6.58. The van der Waals surface area contributed by atoms with Gasteiger partial charge in [-0.1, -0.05) is 0 Å². The summed E-state index contributed by atoms with van der Waals surface area (Å²) in [6, 6.07) is 5.45. The SMILES string of the molecule is COCCN(CCOC)CCC(O)c1cc(OC)ccc1OC. The van der Waals surface area contributed by atoms with Gasteiger partial charge in [-0.05, 0) is 24.6 Å². The molecule has 1 unspecified atom stereocenters. The summed E-state index contributed by atoms with van der Waals surface area (Å²) in [6.45, 7) is 3.67. The molecular formula is C17H29NO5. The lowest BCUT2D eigenvalue weighted by molar-refractivity contribution is 0.0937. The van der Waals surface area contributed by atoms with Gasteiger partial charge in [-0.2, -0.15) is 0 Å². The predicted octanol–water partition coefficient (Wildman–Crippen LogP) is 1.72. The first-order valence-electron chi connectivity index (χ1n) is 7.76. The van der Waals surface area contributed by atoms with E-state index in [2.05, 4.69) is 4.90 Å². The summed E-state index contributed by atoms with van der Waals surface area (Å²) in [5.41, 5.74) is 0.741. The molecule has 1 aromatic carbocycles. The van der Waals surface area contributed by atoms with E-state index >= 15 is 0 Å². The van der Waals surface area contributed by atoms with Gasteiger partial charge in [-0.3, -0.25) is 4.90 Å². The van der Waals surface area contributed by atoms with Crippen LogP contribution in [0.1, 0.15) is 18.1 Å². The first-order valence-corrected chi connectivity index (χ1v) is 7.76. The Balaban J connectivity index is 2.67. The molecular weight excluding hydrogens is 298 g/mol. The van der Waals surface area contributed by atoms with Crippen molar-refractivity contribution < 1.29 is 24.1 Å². The fourth-order valence-corrected chi connectivity index (χ4v) is 2.34. The van der Waals surface area contributed by atoms with Crippen LogP contribution in [0.4, 0.5) is 0 Å². The van der Waals surface area contributed by atoms with Crippen LogP contribution < -0.4 is 9.47 Å². The monoisotopic (exact) mass is 327 g/mol. The van der Waals surface area contributed by atoms with Gasteiger partial charge in [0.15, 0.2) is 0 Å². The molecule has 0 saturated heterocycles. The maximum atomic E-state index is 10.5. The van der Waals surface area contributed by atoms with Crippen LogP contribution in [0.5, 0.6) is 11.5 Å². The number of methoxy groups -OCH3 is 4. The Morgan fingerprint density at radius 2 is 1.61 bits per heavy atom. The molecule has 0 heterocycles. The van der Waals surface area contributed by atoms with E-state index in [1.807, 2.05) is 18.2 Å². The van der Waals surface area contributed by atoms with Crippen LogP contribution in [-0.2, 0) is 9.47 Å². The maximum absolute atomic E-state index is 10.5. The molecule has 1 aromatic rings. The molecule has 23 heavy (non-hydrogen) atoms. The predicted molar refractivity (Wildman–Crippen MR) is 89.3 cm³/mol. The van der Waals surface area contributed by atoms with Gasteiger partial charge in [-0.15, -0.1) is 0 Å². The Morgan fingerprint density at radius 3 is 2.13 bits per heavy atom. The van der Waals surface area contributed by atoms with E-state index in [0.29, 0.717) is 31.1 Å². The van der Waals surface area contributed by atoms with Gasteiger partial charge in [0.25, 0.3) is 0 Å². The van der Waals surface area contributed by atoms with Gasteiger partial charge < -0.3 is 24.1 Å². The highest BCUT2D eigenvalue weighted by Gasteiger charge is 2.16. The van der Waals surface area contributed by atoms with Crippen LogP contribution in [0, 0.1) is 0 Å². The van der Waals surface area contributed by atoms with Crippen LogP contribution in [0.2, 0.25) is 0 Å². The molecule has 132 valence electrons. The first-order chi connectivity index (χ1) is 11.2. The molecule has 1 atom stereocenters. The Kier molecular flexibility index (Phi) is 9.63. The minimum Gasteiger partial charge on any atom is -0.497 e. The molecule has 0 saturated carbocycles. The van der Waals surface area contributed by atoms with Crippen LogP contribution in [0.25, 0.3) is 0 Å². The van der Waals surface area contributed by atoms with E-state index in [1.165, 1.54) is 0 Å². The van der Waals surface area contributed by atoms with Gasteiger partial charge in [0.2, 0.25) is 0 Å². The third-order valence-corrected chi connectivity index (χ3v) is 3.74. The highest BCUT2D eigenvalue weighted by atomic mass is 16.5. The third kappa shape index (κ3) is 6.74. The first kappa shape index (κ1) is 19.7. The summed E-state index contributed by atoms with van der Waals surface area (Å²) >= 11 is 0. The largest absolute Gasteiger partial charge is 0.497 e. The Morgan fingerprint density at radius 1 is 0.957 bits per heavy atom. The van der Waals surface area contributed by atoms with E-state index in [0.717, 1.165) is 25.2 Å². The molecule has 6 nitrogen and oxygen atoms in total. The Hall–Kier alpha value is -1.34. The zero-order valence-electron chi connectivity index (χ0n) is 14.6. The van der Waals surface area contributed by atoms with Crippen LogP contribution in [0.3, 0.4) is 0 Å². The minimum absolute atomic E-state index is 0.594. The van der Waals surface area contributed by atoms with E-state index in [4.69, 9.17) is 18.9 Å². The lowest BCUT2D eigenvalue weighted by atomic mass is 10.0. The smallest absolute Gasteiger partial charge is 0.124 e. The normalized spacial score (nSPS) is 12.4. The fraction of sp³-hybridized carbons (Fsp3) is 0.647. The third-order valence-electron chi connectivity index (χ3n) is 3.74. The van der Waals surface area contributed by atoms with Crippen LogP contribution >= 0.6 is 0 Å². The van der Waals surface area contributed by atoms with Gasteiger partial charge in [-0.25, -0.2) is 0 Å². The van der Waals surface area contributed by atoms with Gasteiger partial charge in [0, 0.05) is 39.4 Å². The lowest BCUT2D eigenvalue weighted by Crippen LogP contribution is -2.32. The van der Waals surface area contributed by atoms with Gasteiger partial charge in [0.1, 0.15) is 11.5 Å². The fourth-order valence-electron chi connectivity index (χ4n) is 2.34. The molecule has 6 heteroatoms. The molecule has 0 radical (unpaired) electrons. The van der Waals surface area contributed by atoms with Crippen LogP contribution in [-0.4, -0.2) is 71.3 Å². The van der Waals surface area contributed by atoms with Gasteiger partial charge >= 0.3 is 0 Å². The molecule has 0 aliphatic rings. The molecule has 0 spiro atoms. The zero-order chi connectivity index (χ0) is 17.1. The lowest BCUT2D eigenvalue weighted by Gasteiger charge is -2.23. The number of aliphatic hydroxyl groups is 1. The molecule has 0 bridgehead atoms. The van der Waals surface area contributed by atoms with E-state index < -0.39 is 6.10 Å². The molecule has 0 aliphatic heterocycles. The quantitative estimate of drug-likeness (QED) is 0.631. The standard InChI is InChI=1S/C17H29NO5/c1-20-11-9-18(10-12-21-2)8-7-16(19)15-13-14(22-3)5-6-17(15)23-4/h5-6,13,16,19H,7-12H2,1-4H3. The number of ether oxygens (including phenoxy) is 4. The van der Waals surface area contributed by atoms with Crippen LogP contribution in [0.15, 0.2) is 18.2 Å². The van der Waals surface area contributed by atoms with Crippen molar-refractivity contribution in [2.24, 2.45) is 0 Å². The highest BCUT2D eigenvalue weighted by Crippen LogP contribution is 2.31. The second-order valence-electron chi connectivity index (χ2n) is 5.24. The number of hydrogen-bond acceptors (Lipinski definition) is 6. The van der Waals surface area contributed by atoms with Crippen molar-refractivity contribution in [3.63, 3.8) is 0 Å². The van der Waals surface area contributed by atoms with E-state index in [1.54, 1.807) is 28.4 Å². The molecule has 0 aliphatic carbocycles. The van der Waals surface area contributed by atoms with E-state index in [9.17, 15) is 5.11 Å². The minimum atomic E-state index is -0.618. The molecule has 1 N–H and O–H groups in total. The van der Waals surface area contributed by atoms with E-state index in [-0.39, 0.29) is 0 Å². The summed E-state index contributed by atoms with van der Waals surface area (Å²) in [4.78, 5) is 2.21. The number of rotatable bonds is 12. The molecule has 0 aromatic heterocycles. The summed E-state index contributed by atoms with van der Waals surface area (Å²) in [6.07, 6.45) is -0.0237. The Labute approximate surface area is 138 Å². The van der Waals surface area contributed by atoms with Gasteiger partial charge in [0.05, 0.1) is 33.5 Å². The average molecular weight is 327 g/mol. The molecule has 0 fully saturated rings. The summed E-state index contributed by atoms with van der Waals surface area (Å²) < 4.78 is 20.8. The topological polar surface area (TPSA) is 60.4 Å². The van der Waals surface area contributed by atoms with Crippen molar-refractivity contribution in [1.29, 1.82) is 0 Å². The second kappa shape index (κ2) is 11.2. The zero-order valence-corrected chi connectivity index (χ0v) is 14.6. The van der Waals surface area contributed by atoms with Crippen molar-refractivity contribution >= 4 is 0 Å². The van der Waals surface area contributed by atoms with Crippen molar-refractivity contribution in [2.45, 2.75) is 12.5 Å². The van der Waals surface area contributed by atoms with Crippen molar-refractivity contribution in [3.8, 4) is 11.5 Å². The van der Waals surface area contributed by atoms with Crippen molar-refractivity contribution in [3.05, 3.63) is 23.8 Å². The highest BCUT2D eigenvalue weighted by molar-refractivity contribution is 5.41. The number of benzene rings is 1. The average Bonchev–Trinajstić information content (AvgIpc) is 2.60. The second-order valence-corrected chi connectivity index (χ2v) is 5.24. The van der Waals surface area contributed by atoms with Crippen molar-refractivity contribution in [2.75, 3.05) is 61.3 Å².